The molecule has 0 N–H and O–H groups in total. The third-order valence-corrected chi connectivity index (χ3v) is 1.41. The molecule has 0 radical (unpaired) electrons. The lowest BCUT2D eigenvalue weighted by molar-refractivity contribution is -0.135. The molecule has 5 heteroatoms. The molecule has 0 saturated heterocycles. The van der Waals surface area contributed by atoms with Crippen molar-refractivity contribution < 1.29 is 9.53 Å². The van der Waals surface area contributed by atoms with Gasteiger partial charge in [0.15, 0.2) is 0 Å². The average molecular weight is 189 g/mol. The lowest BCUT2D eigenvalue weighted by Crippen LogP contribution is -2.02. The van der Waals surface area contributed by atoms with Gasteiger partial charge in [-0.15, -0.1) is 0 Å². The van der Waals surface area contributed by atoms with Crippen LogP contribution in [-0.4, -0.2) is 23.3 Å². The molecule has 0 spiro atoms. The molecule has 0 bridgehead atoms. The number of ether oxygens (including phenoxy) is 1. The molecule has 5 nitrogen and oxygen atoms in total. The van der Waals surface area contributed by atoms with E-state index >= 15 is 0 Å². The Balaban J connectivity index is 2.97. The zero-order valence-corrected chi connectivity index (χ0v) is 7.47. The molecule has 0 amide bonds. The molecule has 0 atom stereocenters. The van der Waals surface area contributed by atoms with Crippen molar-refractivity contribution in [1.29, 1.82) is 5.26 Å². The molecule has 0 fully saturated rings. The van der Waals surface area contributed by atoms with Crippen molar-refractivity contribution >= 4 is 12.0 Å². The molecule has 0 saturated carbocycles. The number of nitrogens with zero attached hydrogens (tertiary/aromatic N) is 3. The van der Waals surface area contributed by atoms with E-state index in [9.17, 15) is 4.79 Å². The van der Waals surface area contributed by atoms with Gasteiger partial charge in [0.05, 0.1) is 12.8 Å². The van der Waals surface area contributed by atoms with Crippen LogP contribution < -0.4 is 0 Å². The van der Waals surface area contributed by atoms with Gasteiger partial charge in [-0.2, -0.15) is 15.5 Å². The minimum Gasteiger partial charge on any atom is -0.465 e. The van der Waals surface area contributed by atoms with Gasteiger partial charge in [-0.05, 0) is 18.2 Å². The maximum absolute atomic E-state index is 11.0. The van der Waals surface area contributed by atoms with E-state index in [-0.39, 0.29) is 5.57 Å². The predicted octanol–water partition coefficient (Wildman–Crippen LogP) is 0.557. The SMILES string of the molecule is COC(=O)C(C#N)=Cc1cccnn1. The maximum atomic E-state index is 11.0. The Morgan fingerprint density at radius 1 is 1.71 bits per heavy atom. The van der Waals surface area contributed by atoms with E-state index in [2.05, 4.69) is 14.9 Å². The molecule has 1 aromatic heterocycles. The standard InChI is InChI=1S/C9H7N3O2/c1-14-9(13)7(6-10)5-8-3-2-4-11-12-8/h2-5H,1H3. The largest absolute Gasteiger partial charge is 0.465 e. The highest BCUT2D eigenvalue weighted by Crippen LogP contribution is 2.03. The number of rotatable bonds is 2. The predicted molar refractivity (Wildman–Crippen MR) is 47.6 cm³/mol. The van der Waals surface area contributed by atoms with Gasteiger partial charge in [0.1, 0.15) is 11.6 Å². The molecule has 0 aromatic carbocycles. The fourth-order valence-corrected chi connectivity index (χ4v) is 0.785. The van der Waals surface area contributed by atoms with E-state index in [4.69, 9.17) is 5.26 Å². The quantitative estimate of drug-likeness (QED) is 0.386. The molecule has 1 rings (SSSR count). The summed E-state index contributed by atoms with van der Waals surface area (Å²) in [5.74, 6) is -0.682. The molecule has 0 aliphatic rings. The van der Waals surface area contributed by atoms with Crippen LogP contribution in [0.4, 0.5) is 0 Å². The second kappa shape index (κ2) is 4.72. The lowest BCUT2D eigenvalue weighted by Gasteiger charge is -1.95. The summed E-state index contributed by atoms with van der Waals surface area (Å²) in [4.78, 5) is 11.0. The first kappa shape index (κ1) is 9.86. The van der Waals surface area contributed by atoms with Gasteiger partial charge in [-0.1, -0.05) is 0 Å². The minimum atomic E-state index is -0.682. The van der Waals surface area contributed by atoms with Crippen LogP contribution in [0, 0.1) is 11.3 Å². The Bertz CT molecular complexity index is 392. The van der Waals surface area contributed by atoms with Gasteiger partial charge in [-0.25, -0.2) is 4.79 Å². The molecule has 1 aromatic rings. The highest BCUT2D eigenvalue weighted by Gasteiger charge is 2.08. The summed E-state index contributed by atoms with van der Waals surface area (Å²) in [7, 11) is 1.21. The summed E-state index contributed by atoms with van der Waals surface area (Å²) in [6.07, 6.45) is 2.82. The lowest BCUT2D eigenvalue weighted by atomic mass is 10.2. The van der Waals surface area contributed by atoms with E-state index in [0.717, 1.165) is 0 Å². The van der Waals surface area contributed by atoms with E-state index in [0.29, 0.717) is 5.69 Å². The molecule has 1 heterocycles. The summed E-state index contributed by atoms with van der Waals surface area (Å²) in [6.45, 7) is 0. The van der Waals surface area contributed by atoms with Crippen LogP contribution in [0.25, 0.3) is 6.08 Å². The van der Waals surface area contributed by atoms with E-state index < -0.39 is 5.97 Å². The van der Waals surface area contributed by atoms with Crippen molar-refractivity contribution in [2.24, 2.45) is 0 Å². The number of esters is 1. The number of nitriles is 1. The van der Waals surface area contributed by atoms with Crippen LogP contribution in [0.2, 0.25) is 0 Å². The minimum absolute atomic E-state index is 0.104. The highest BCUT2D eigenvalue weighted by molar-refractivity contribution is 5.97. The Labute approximate surface area is 80.6 Å². The number of aromatic nitrogens is 2. The molecule has 70 valence electrons. The molecule has 0 aliphatic heterocycles. The molecule has 0 unspecified atom stereocenters. The second-order valence-electron chi connectivity index (χ2n) is 2.31. The van der Waals surface area contributed by atoms with Gasteiger partial charge in [0, 0.05) is 6.20 Å². The monoisotopic (exact) mass is 189 g/mol. The third-order valence-electron chi connectivity index (χ3n) is 1.41. The number of carbonyl (C=O) groups excluding carboxylic acids is 1. The van der Waals surface area contributed by atoms with Crippen LogP contribution in [0.15, 0.2) is 23.9 Å². The average Bonchev–Trinajstić information content (AvgIpc) is 2.26. The van der Waals surface area contributed by atoms with Crippen molar-refractivity contribution in [2.75, 3.05) is 7.11 Å². The molecular formula is C9H7N3O2. The maximum Gasteiger partial charge on any atom is 0.348 e. The van der Waals surface area contributed by atoms with Gasteiger partial charge < -0.3 is 4.74 Å². The zero-order chi connectivity index (χ0) is 10.4. The van der Waals surface area contributed by atoms with Gasteiger partial charge >= 0.3 is 5.97 Å². The topological polar surface area (TPSA) is 75.9 Å². The zero-order valence-electron chi connectivity index (χ0n) is 7.47. The van der Waals surface area contributed by atoms with Gasteiger partial charge in [0.25, 0.3) is 0 Å². The Morgan fingerprint density at radius 3 is 3.00 bits per heavy atom. The van der Waals surface area contributed by atoms with Crippen molar-refractivity contribution in [2.45, 2.75) is 0 Å². The Hall–Kier alpha value is -2.22. The summed E-state index contributed by atoms with van der Waals surface area (Å²) < 4.78 is 4.40. The summed E-state index contributed by atoms with van der Waals surface area (Å²) in [5, 5.41) is 15.9. The fourth-order valence-electron chi connectivity index (χ4n) is 0.785. The molecular weight excluding hydrogens is 182 g/mol. The normalized spacial score (nSPS) is 10.4. The third kappa shape index (κ3) is 2.38. The van der Waals surface area contributed by atoms with Crippen LogP contribution in [0.1, 0.15) is 5.69 Å². The summed E-state index contributed by atoms with van der Waals surface area (Å²) >= 11 is 0. The summed E-state index contributed by atoms with van der Waals surface area (Å²) in [6, 6.07) is 5.01. The summed E-state index contributed by atoms with van der Waals surface area (Å²) in [5.41, 5.74) is 0.336. The smallest absolute Gasteiger partial charge is 0.348 e. The van der Waals surface area contributed by atoms with Crippen LogP contribution in [0.5, 0.6) is 0 Å². The highest BCUT2D eigenvalue weighted by atomic mass is 16.5. The first-order chi connectivity index (χ1) is 6.77. The first-order valence-corrected chi connectivity index (χ1v) is 3.75. The fraction of sp³-hybridized carbons (Fsp3) is 0.111. The van der Waals surface area contributed by atoms with E-state index in [1.807, 2.05) is 0 Å². The van der Waals surface area contributed by atoms with Crippen LogP contribution in [0.3, 0.4) is 0 Å². The number of methoxy groups -OCH3 is 1. The number of hydrogen-bond donors (Lipinski definition) is 0. The Morgan fingerprint density at radius 2 is 2.50 bits per heavy atom. The van der Waals surface area contributed by atoms with Crippen molar-refractivity contribution in [3.05, 3.63) is 29.6 Å². The number of hydrogen-bond acceptors (Lipinski definition) is 5. The van der Waals surface area contributed by atoms with Crippen LogP contribution >= 0.6 is 0 Å². The van der Waals surface area contributed by atoms with Crippen molar-refractivity contribution in [3.63, 3.8) is 0 Å². The first-order valence-electron chi connectivity index (χ1n) is 3.75. The second-order valence-corrected chi connectivity index (χ2v) is 2.31. The molecule has 0 aliphatic carbocycles. The Kier molecular flexibility index (Phi) is 3.33. The van der Waals surface area contributed by atoms with E-state index in [1.54, 1.807) is 18.2 Å². The van der Waals surface area contributed by atoms with E-state index in [1.165, 1.54) is 19.4 Å². The molecule has 14 heavy (non-hydrogen) atoms. The van der Waals surface area contributed by atoms with Gasteiger partial charge in [0.2, 0.25) is 0 Å². The van der Waals surface area contributed by atoms with Crippen molar-refractivity contribution in [1.82, 2.24) is 10.2 Å². The number of carbonyl (C=O) groups is 1. The van der Waals surface area contributed by atoms with Gasteiger partial charge in [-0.3, -0.25) is 0 Å². The van der Waals surface area contributed by atoms with Crippen molar-refractivity contribution in [3.8, 4) is 6.07 Å². The van der Waals surface area contributed by atoms with Crippen LogP contribution in [-0.2, 0) is 9.53 Å².